The highest BCUT2D eigenvalue weighted by Gasteiger charge is 2.46. The second-order valence-electron chi connectivity index (χ2n) is 4.74. The number of alkyl halides is 3. The van der Waals surface area contributed by atoms with E-state index in [0.717, 1.165) is 12.1 Å². The maximum atomic E-state index is 13.7. The van der Waals surface area contributed by atoms with Gasteiger partial charge in [-0.3, -0.25) is 0 Å². The summed E-state index contributed by atoms with van der Waals surface area (Å²) in [4.78, 5) is 0. The molecule has 1 aliphatic carbocycles. The van der Waals surface area contributed by atoms with Crippen LogP contribution in [0.2, 0.25) is 0 Å². The van der Waals surface area contributed by atoms with Crippen LogP contribution in [-0.4, -0.2) is 17.8 Å². The van der Waals surface area contributed by atoms with E-state index in [4.69, 9.17) is 5.73 Å². The molecule has 1 aromatic rings. The van der Waals surface area contributed by atoms with Crippen LogP contribution in [0, 0.1) is 5.82 Å². The number of aliphatic hydroxyl groups excluding tert-OH is 1. The summed E-state index contributed by atoms with van der Waals surface area (Å²) in [5.41, 5.74) is 3.72. The van der Waals surface area contributed by atoms with Gasteiger partial charge in [-0.25, -0.2) is 4.39 Å². The fourth-order valence-electron chi connectivity index (χ4n) is 2.45. The Morgan fingerprint density at radius 1 is 1.33 bits per heavy atom. The number of halogens is 4. The molecule has 0 atom stereocenters. The highest BCUT2D eigenvalue weighted by molar-refractivity contribution is 5.36. The quantitative estimate of drug-likeness (QED) is 0.803. The minimum absolute atomic E-state index is 0.0162. The molecular weight excluding hydrogens is 250 g/mol. The van der Waals surface area contributed by atoms with Crippen molar-refractivity contribution in [3.63, 3.8) is 0 Å². The Kier molecular flexibility index (Phi) is 3.11. The van der Waals surface area contributed by atoms with E-state index in [1.54, 1.807) is 0 Å². The fraction of sp³-hybridized carbons (Fsp3) is 0.500. The summed E-state index contributed by atoms with van der Waals surface area (Å²) >= 11 is 0. The summed E-state index contributed by atoms with van der Waals surface area (Å²) in [7, 11) is 0. The van der Waals surface area contributed by atoms with Gasteiger partial charge in [0, 0.05) is 12.0 Å². The first kappa shape index (κ1) is 13.3. The molecule has 0 bridgehead atoms. The monoisotopic (exact) mass is 263 g/mol. The largest absolute Gasteiger partial charge is 0.416 e. The van der Waals surface area contributed by atoms with E-state index >= 15 is 0 Å². The van der Waals surface area contributed by atoms with Gasteiger partial charge in [0.15, 0.2) is 0 Å². The molecule has 100 valence electrons. The van der Waals surface area contributed by atoms with E-state index in [9.17, 15) is 22.7 Å². The molecule has 0 saturated heterocycles. The van der Waals surface area contributed by atoms with Crippen molar-refractivity contribution in [1.82, 2.24) is 0 Å². The van der Waals surface area contributed by atoms with E-state index in [-0.39, 0.29) is 24.9 Å². The average molecular weight is 263 g/mol. The predicted octanol–water partition coefficient (Wildman–Crippen LogP) is 2.20. The molecule has 0 amide bonds. The molecule has 1 saturated carbocycles. The van der Waals surface area contributed by atoms with Gasteiger partial charge in [-0.2, -0.15) is 13.2 Å². The van der Waals surface area contributed by atoms with Crippen LogP contribution in [0.1, 0.15) is 24.0 Å². The Balaban J connectivity index is 2.44. The fourth-order valence-corrected chi connectivity index (χ4v) is 2.45. The lowest BCUT2D eigenvalue weighted by atomic mass is 9.62. The highest BCUT2D eigenvalue weighted by atomic mass is 19.4. The van der Waals surface area contributed by atoms with Gasteiger partial charge >= 0.3 is 6.18 Å². The van der Waals surface area contributed by atoms with E-state index < -0.39 is 29.1 Å². The molecule has 0 spiro atoms. The van der Waals surface area contributed by atoms with Crippen LogP contribution in [0.3, 0.4) is 0 Å². The van der Waals surface area contributed by atoms with E-state index in [1.165, 1.54) is 0 Å². The van der Waals surface area contributed by atoms with Crippen molar-refractivity contribution >= 4 is 0 Å². The van der Waals surface area contributed by atoms with Gasteiger partial charge in [-0.05, 0) is 36.6 Å². The summed E-state index contributed by atoms with van der Waals surface area (Å²) in [6.07, 6.45) is -4.74. The SMILES string of the molecule is NCC1(c2cc(C(F)(F)F)ccc2F)CC(O)C1. The van der Waals surface area contributed by atoms with E-state index in [2.05, 4.69) is 0 Å². The normalized spacial score (nSPS) is 28.0. The minimum Gasteiger partial charge on any atom is -0.393 e. The minimum atomic E-state index is -4.51. The van der Waals surface area contributed by atoms with Gasteiger partial charge in [0.05, 0.1) is 11.7 Å². The lowest BCUT2D eigenvalue weighted by molar-refractivity contribution is -0.137. The van der Waals surface area contributed by atoms with Crippen molar-refractivity contribution in [1.29, 1.82) is 0 Å². The smallest absolute Gasteiger partial charge is 0.393 e. The van der Waals surface area contributed by atoms with Crippen molar-refractivity contribution < 1.29 is 22.7 Å². The van der Waals surface area contributed by atoms with Crippen molar-refractivity contribution in [3.05, 3.63) is 35.1 Å². The summed E-state index contributed by atoms with van der Waals surface area (Å²) in [5, 5.41) is 9.30. The standard InChI is InChI=1S/C12H13F4NO/c13-10-2-1-7(12(14,15)16)3-9(10)11(6-17)4-8(18)5-11/h1-3,8,18H,4-6,17H2. The van der Waals surface area contributed by atoms with Gasteiger partial charge < -0.3 is 10.8 Å². The zero-order valence-electron chi connectivity index (χ0n) is 9.47. The Morgan fingerprint density at radius 3 is 2.39 bits per heavy atom. The maximum Gasteiger partial charge on any atom is 0.416 e. The molecule has 2 rings (SSSR count). The lowest BCUT2D eigenvalue weighted by Gasteiger charge is -2.45. The third-order valence-corrected chi connectivity index (χ3v) is 3.51. The van der Waals surface area contributed by atoms with E-state index in [0.29, 0.717) is 6.07 Å². The van der Waals surface area contributed by atoms with Crippen molar-refractivity contribution in [2.75, 3.05) is 6.54 Å². The Morgan fingerprint density at radius 2 is 1.94 bits per heavy atom. The second-order valence-corrected chi connectivity index (χ2v) is 4.74. The number of aliphatic hydroxyl groups is 1. The molecule has 1 fully saturated rings. The first-order valence-electron chi connectivity index (χ1n) is 5.54. The van der Waals surface area contributed by atoms with Crippen molar-refractivity contribution in [2.24, 2.45) is 5.73 Å². The van der Waals surface area contributed by atoms with Gasteiger partial charge in [0.2, 0.25) is 0 Å². The number of nitrogens with two attached hydrogens (primary N) is 1. The van der Waals surface area contributed by atoms with Gasteiger partial charge in [-0.15, -0.1) is 0 Å². The van der Waals surface area contributed by atoms with Crippen molar-refractivity contribution in [2.45, 2.75) is 30.5 Å². The molecule has 0 radical (unpaired) electrons. The van der Waals surface area contributed by atoms with Crippen LogP contribution >= 0.6 is 0 Å². The molecule has 2 nitrogen and oxygen atoms in total. The number of hydrogen-bond acceptors (Lipinski definition) is 2. The van der Waals surface area contributed by atoms with Crippen molar-refractivity contribution in [3.8, 4) is 0 Å². The third kappa shape index (κ3) is 2.10. The molecule has 18 heavy (non-hydrogen) atoms. The second kappa shape index (κ2) is 4.20. The summed E-state index contributed by atoms with van der Waals surface area (Å²) in [6, 6.07) is 2.31. The Bertz CT molecular complexity index is 452. The van der Waals surface area contributed by atoms with Crippen LogP contribution < -0.4 is 5.73 Å². The number of benzene rings is 1. The van der Waals surface area contributed by atoms with Crippen LogP contribution in [0.5, 0.6) is 0 Å². The highest BCUT2D eigenvalue weighted by Crippen LogP contribution is 2.45. The summed E-state index contributed by atoms with van der Waals surface area (Å²) < 4.78 is 51.4. The summed E-state index contributed by atoms with van der Waals surface area (Å²) in [5.74, 6) is -0.708. The third-order valence-electron chi connectivity index (χ3n) is 3.51. The predicted molar refractivity (Wildman–Crippen MR) is 57.4 cm³/mol. The molecule has 6 heteroatoms. The number of rotatable bonds is 2. The first-order valence-corrected chi connectivity index (χ1v) is 5.54. The molecule has 1 aliphatic rings. The maximum absolute atomic E-state index is 13.7. The molecule has 0 unspecified atom stereocenters. The van der Waals surface area contributed by atoms with Crippen LogP contribution in [0.4, 0.5) is 17.6 Å². The molecule has 1 aromatic carbocycles. The molecule has 0 aliphatic heterocycles. The van der Waals surface area contributed by atoms with Gasteiger partial charge in [0.25, 0.3) is 0 Å². The number of hydrogen-bond donors (Lipinski definition) is 2. The van der Waals surface area contributed by atoms with Crippen LogP contribution in [0.25, 0.3) is 0 Å². The topological polar surface area (TPSA) is 46.2 Å². The van der Waals surface area contributed by atoms with Gasteiger partial charge in [-0.1, -0.05) is 0 Å². The first-order chi connectivity index (χ1) is 8.28. The molecule has 3 N–H and O–H groups in total. The van der Waals surface area contributed by atoms with Crippen LogP contribution in [-0.2, 0) is 11.6 Å². The Labute approximate surface area is 101 Å². The van der Waals surface area contributed by atoms with E-state index in [1.807, 2.05) is 0 Å². The lowest BCUT2D eigenvalue weighted by Crippen LogP contribution is -2.50. The summed E-state index contributed by atoms with van der Waals surface area (Å²) in [6.45, 7) is 0.0162. The zero-order chi connectivity index (χ0) is 13.6. The molecular formula is C12H13F4NO. The molecule has 0 heterocycles. The zero-order valence-corrected chi connectivity index (χ0v) is 9.47. The molecule has 0 aromatic heterocycles. The Hall–Kier alpha value is -1.14. The van der Waals surface area contributed by atoms with Crippen LogP contribution in [0.15, 0.2) is 18.2 Å². The average Bonchev–Trinajstić information content (AvgIpc) is 2.24. The van der Waals surface area contributed by atoms with Gasteiger partial charge in [0.1, 0.15) is 5.82 Å².